The minimum Gasteiger partial charge on any atom is -0.506 e. The topological polar surface area (TPSA) is 57.5 Å². The molecule has 0 atom stereocenters. The zero-order valence-corrected chi connectivity index (χ0v) is 12.7. The lowest BCUT2D eigenvalue weighted by molar-refractivity contribution is -0.00593. The number of aromatic hydroxyl groups is 1. The van der Waals surface area contributed by atoms with Crippen LogP contribution >= 0.6 is 0 Å². The molecule has 22 heavy (non-hydrogen) atoms. The third-order valence-corrected chi connectivity index (χ3v) is 6.25. The maximum absolute atomic E-state index is 11.8. The Morgan fingerprint density at radius 2 is 1.68 bits per heavy atom. The highest BCUT2D eigenvalue weighted by molar-refractivity contribution is 5.94. The summed E-state index contributed by atoms with van der Waals surface area (Å²) in [7, 11) is 0. The fourth-order valence-corrected chi connectivity index (χ4v) is 5.87. The van der Waals surface area contributed by atoms with Crippen molar-refractivity contribution < 1.29 is 15.0 Å². The zero-order chi connectivity index (χ0) is 15.5. The molecule has 0 saturated heterocycles. The van der Waals surface area contributed by atoms with Gasteiger partial charge in [0, 0.05) is 5.56 Å². The van der Waals surface area contributed by atoms with Crippen LogP contribution in [0, 0.1) is 17.8 Å². The van der Waals surface area contributed by atoms with Gasteiger partial charge in [0.1, 0.15) is 11.3 Å². The van der Waals surface area contributed by atoms with Gasteiger partial charge >= 0.3 is 5.97 Å². The standard InChI is InChI=1S/C19H22O3/c1-2-14-3-4-15(16(17(14)20)18(21)22)19-8-11-5-12(9-19)7-13(6-11)10-19/h2-4,11-13,20H,1,5-10H2,(H,21,22). The van der Waals surface area contributed by atoms with Crippen molar-refractivity contribution in [2.75, 3.05) is 0 Å². The Kier molecular flexibility index (Phi) is 2.91. The van der Waals surface area contributed by atoms with E-state index >= 15 is 0 Å². The molecule has 0 radical (unpaired) electrons. The van der Waals surface area contributed by atoms with E-state index in [0.717, 1.165) is 42.6 Å². The molecule has 3 heteroatoms. The van der Waals surface area contributed by atoms with E-state index in [-0.39, 0.29) is 16.7 Å². The lowest BCUT2D eigenvalue weighted by Gasteiger charge is -2.57. The highest BCUT2D eigenvalue weighted by Gasteiger charge is 2.52. The van der Waals surface area contributed by atoms with Crippen LogP contribution in [0.3, 0.4) is 0 Å². The van der Waals surface area contributed by atoms with Crippen molar-refractivity contribution in [3.05, 3.63) is 35.4 Å². The van der Waals surface area contributed by atoms with E-state index in [0.29, 0.717) is 5.56 Å². The first-order valence-corrected chi connectivity index (χ1v) is 8.24. The van der Waals surface area contributed by atoms with Gasteiger partial charge in [-0.25, -0.2) is 4.79 Å². The van der Waals surface area contributed by atoms with Crippen LogP contribution in [0.2, 0.25) is 0 Å². The second-order valence-corrected chi connectivity index (χ2v) is 7.63. The summed E-state index contributed by atoms with van der Waals surface area (Å²) >= 11 is 0. The number of rotatable bonds is 3. The van der Waals surface area contributed by atoms with Gasteiger partial charge in [-0.2, -0.15) is 0 Å². The second-order valence-electron chi connectivity index (χ2n) is 7.63. The Hall–Kier alpha value is -1.77. The second kappa shape index (κ2) is 4.61. The average molecular weight is 298 g/mol. The number of phenols is 1. The summed E-state index contributed by atoms with van der Waals surface area (Å²) in [5.74, 6) is 1.10. The number of hydrogen-bond donors (Lipinski definition) is 2. The molecule has 0 spiro atoms. The number of benzene rings is 1. The van der Waals surface area contributed by atoms with E-state index in [1.54, 1.807) is 0 Å². The first-order valence-electron chi connectivity index (χ1n) is 8.24. The van der Waals surface area contributed by atoms with Crippen molar-refractivity contribution in [3.8, 4) is 5.75 Å². The van der Waals surface area contributed by atoms with E-state index in [4.69, 9.17) is 0 Å². The quantitative estimate of drug-likeness (QED) is 0.879. The van der Waals surface area contributed by atoms with Crippen LogP contribution in [0.15, 0.2) is 18.7 Å². The van der Waals surface area contributed by atoms with Crippen LogP contribution in [0.5, 0.6) is 5.75 Å². The summed E-state index contributed by atoms with van der Waals surface area (Å²) in [6.07, 6.45) is 8.74. The Balaban J connectivity index is 1.87. The van der Waals surface area contributed by atoms with Gasteiger partial charge < -0.3 is 10.2 Å². The van der Waals surface area contributed by atoms with E-state index in [1.165, 1.54) is 25.3 Å². The van der Waals surface area contributed by atoms with E-state index < -0.39 is 5.97 Å². The number of carbonyl (C=O) groups is 1. The fourth-order valence-electron chi connectivity index (χ4n) is 5.87. The van der Waals surface area contributed by atoms with Crippen LogP contribution in [-0.4, -0.2) is 16.2 Å². The molecule has 116 valence electrons. The lowest BCUT2D eigenvalue weighted by atomic mass is 9.47. The first kappa shape index (κ1) is 13.9. The minimum absolute atomic E-state index is 0.0281. The van der Waals surface area contributed by atoms with Crippen LogP contribution in [0.1, 0.15) is 60.0 Å². The molecule has 4 bridgehead atoms. The smallest absolute Gasteiger partial charge is 0.339 e. The van der Waals surface area contributed by atoms with Crippen molar-refractivity contribution in [2.45, 2.75) is 43.9 Å². The third kappa shape index (κ3) is 1.84. The molecule has 4 aliphatic carbocycles. The summed E-state index contributed by atoms with van der Waals surface area (Å²) in [4.78, 5) is 11.8. The molecule has 4 saturated carbocycles. The van der Waals surface area contributed by atoms with E-state index in [1.807, 2.05) is 12.1 Å². The van der Waals surface area contributed by atoms with Gasteiger partial charge in [-0.15, -0.1) is 0 Å². The molecule has 0 heterocycles. The Morgan fingerprint density at radius 1 is 1.14 bits per heavy atom. The van der Waals surface area contributed by atoms with Crippen molar-refractivity contribution in [1.29, 1.82) is 0 Å². The van der Waals surface area contributed by atoms with E-state index in [9.17, 15) is 15.0 Å². The Morgan fingerprint density at radius 3 is 2.14 bits per heavy atom. The molecule has 0 aromatic heterocycles. The molecule has 0 aliphatic heterocycles. The maximum atomic E-state index is 11.8. The summed E-state index contributed by atoms with van der Waals surface area (Å²) in [6, 6.07) is 3.76. The predicted molar refractivity (Wildman–Crippen MR) is 85.0 cm³/mol. The lowest BCUT2D eigenvalue weighted by Crippen LogP contribution is -2.49. The molecule has 3 nitrogen and oxygen atoms in total. The van der Waals surface area contributed by atoms with Crippen LogP contribution in [0.4, 0.5) is 0 Å². The fraction of sp³-hybridized carbons (Fsp3) is 0.526. The molecular formula is C19H22O3. The highest BCUT2D eigenvalue weighted by atomic mass is 16.4. The first-order chi connectivity index (χ1) is 10.5. The normalized spacial score (nSPS) is 35.5. The van der Waals surface area contributed by atoms with Gasteiger partial charge in [-0.3, -0.25) is 0 Å². The molecule has 4 fully saturated rings. The molecule has 1 aromatic carbocycles. The molecule has 5 rings (SSSR count). The van der Waals surface area contributed by atoms with E-state index in [2.05, 4.69) is 6.58 Å². The van der Waals surface area contributed by atoms with Crippen molar-refractivity contribution in [3.63, 3.8) is 0 Å². The van der Waals surface area contributed by atoms with Gasteiger partial charge in [0.2, 0.25) is 0 Å². The molecule has 1 aromatic rings. The summed E-state index contributed by atoms with van der Waals surface area (Å²) < 4.78 is 0. The van der Waals surface area contributed by atoms with Crippen molar-refractivity contribution in [1.82, 2.24) is 0 Å². The zero-order valence-electron chi connectivity index (χ0n) is 12.7. The van der Waals surface area contributed by atoms with Gasteiger partial charge in [0.05, 0.1) is 0 Å². The summed E-state index contributed by atoms with van der Waals surface area (Å²) in [5.41, 5.74) is 1.45. The van der Waals surface area contributed by atoms with Gasteiger partial charge in [-0.05, 0) is 67.3 Å². The summed E-state index contributed by atoms with van der Waals surface area (Å²) in [6.45, 7) is 3.66. The molecule has 0 unspecified atom stereocenters. The third-order valence-electron chi connectivity index (χ3n) is 6.25. The maximum Gasteiger partial charge on any atom is 0.339 e. The Bertz CT molecular complexity index is 624. The van der Waals surface area contributed by atoms with Gasteiger partial charge in [0.15, 0.2) is 0 Å². The molecule has 4 aliphatic rings. The Labute approximate surface area is 130 Å². The van der Waals surface area contributed by atoms with Crippen LogP contribution in [-0.2, 0) is 5.41 Å². The van der Waals surface area contributed by atoms with Gasteiger partial charge in [-0.1, -0.05) is 24.8 Å². The SMILES string of the molecule is C=Cc1ccc(C23CC4CC(CC(C4)C2)C3)c(C(=O)O)c1O. The van der Waals surface area contributed by atoms with Crippen molar-refractivity contribution >= 4 is 12.0 Å². The number of hydrogen-bond acceptors (Lipinski definition) is 2. The van der Waals surface area contributed by atoms with Crippen LogP contribution in [0.25, 0.3) is 6.08 Å². The monoisotopic (exact) mass is 298 g/mol. The average Bonchev–Trinajstić information content (AvgIpc) is 2.45. The van der Waals surface area contributed by atoms with Crippen LogP contribution < -0.4 is 0 Å². The van der Waals surface area contributed by atoms with Crippen molar-refractivity contribution in [2.24, 2.45) is 17.8 Å². The highest BCUT2D eigenvalue weighted by Crippen LogP contribution is 2.61. The molecular weight excluding hydrogens is 276 g/mol. The summed E-state index contributed by atoms with van der Waals surface area (Å²) in [5, 5.41) is 20.1. The largest absolute Gasteiger partial charge is 0.506 e. The number of carboxylic acid groups (broad SMARTS) is 1. The molecule has 0 amide bonds. The predicted octanol–water partition coefficient (Wildman–Crippen LogP) is 4.20. The van der Waals surface area contributed by atoms with Gasteiger partial charge in [0.25, 0.3) is 0 Å². The number of aromatic carboxylic acids is 1. The minimum atomic E-state index is -1.02. The molecule has 2 N–H and O–H groups in total. The number of carboxylic acids is 1.